The summed E-state index contributed by atoms with van der Waals surface area (Å²) >= 11 is 0. The molecule has 0 aromatic carbocycles. The van der Waals surface area contributed by atoms with Crippen LogP contribution in [0.1, 0.15) is 0 Å². The van der Waals surface area contributed by atoms with Crippen LogP contribution >= 0.6 is 0 Å². The van der Waals surface area contributed by atoms with E-state index < -0.39 is 0 Å². The van der Waals surface area contributed by atoms with Crippen molar-refractivity contribution in [1.29, 1.82) is 5.26 Å². The van der Waals surface area contributed by atoms with Gasteiger partial charge in [0, 0.05) is 51.6 Å². The summed E-state index contributed by atoms with van der Waals surface area (Å²) in [6.45, 7) is 6.80. The fourth-order valence-electron chi connectivity index (χ4n) is 0.0289. The van der Waals surface area contributed by atoms with Crippen LogP contribution in [0.3, 0.4) is 0 Å². The summed E-state index contributed by atoms with van der Waals surface area (Å²) in [5.74, 6) is 0. The van der Waals surface area contributed by atoms with Crippen LogP contribution in [0.25, 0.3) is 4.85 Å². The maximum absolute atomic E-state index is 7.55. The Morgan fingerprint density at radius 3 is 2.00 bits per heavy atom. The second kappa shape index (κ2) is 24.2. The number of nitriles is 1. The SMILES string of the molecule is [C-]#[N+][CH-]C#N.[Li+].[Li].[Y]. The molecule has 0 aromatic rings. The number of hydrogen-bond donors (Lipinski definition) is 0. The molecule has 0 bridgehead atoms. The maximum Gasteiger partial charge on any atom is 1.00 e. The zero-order valence-corrected chi connectivity index (χ0v) is 7.89. The fraction of sp³-hybridized carbons (Fsp3) is 0. The normalized spacial score (nSPS) is 2.25. The fourth-order valence-corrected chi connectivity index (χ4v) is 0.0289. The smallest absolute Gasteiger partial charge is 0.447 e. The third-order valence-electron chi connectivity index (χ3n) is 0.122. The van der Waals surface area contributed by atoms with Gasteiger partial charge in [-0.05, 0) is 6.07 Å². The Kier molecular flexibility index (Phi) is 69.3. The van der Waals surface area contributed by atoms with Crippen molar-refractivity contribution in [2.75, 3.05) is 0 Å². The molecule has 0 aromatic heterocycles. The van der Waals surface area contributed by atoms with Crippen LogP contribution in [0.15, 0.2) is 0 Å². The summed E-state index contributed by atoms with van der Waals surface area (Å²) in [4.78, 5) is 2.62. The third-order valence-corrected chi connectivity index (χ3v) is 0.122. The Morgan fingerprint density at radius 1 is 1.62 bits per heavy atom. The number of rotatable bonds is 0. The molecule has 0 heterocycles. The standard InChI is InChI=1S/C3HN2.2Li.Y/c1-5-3-2-4;;;/h3H;;;/q-1;;+1;. The molecule has 2 nitrogen and oxygen atoms in total. The van der Waals surface area contributed by atoms with Crippen LogP contribution in [0.5, 0.6) is 0 Å². The maximum atomic E-state index is 7.55. The van der Waals surface area contributed by atoms with Crippen LogP contribution in [-0.4, -0.2) is 18.9 Å². The molecular formula is C3HLi2N2Y. The molecule has 28 valence electrons. The van der Waals surface area contributed by atoms with E-state index in [0.29, 0.717) is 0 Å². The van der Waals surface area contributed by atoms with Crippen molar-refractivity contribution in [3.63, 3.8) is 0 Å². The second-order valence-electron chi connectivity index (χ2n) is 0.387. The molecule has 8 heavy (non-hydrogen) atoms. The van der Waals surface area contributed by atoms with E-state index in [0.717, 1.165) is 6.54 Å². The summed E-state index contributed by atoms with van der Waals surface area (Å²) in [7, 11) is 0. The minimum absolute atomic E-state index is 0. The molecule has 0 atom stereocenters. The van der Waals surface area contributed by atoms with Crippen LogP contribution in [0.4, 0.5) is 0 Å². The minimum Gasteiger partial charge on any atom is -0.447 e. The van der Waals surface area contributed by atoms with Crippen LogP contribution in [-0.2, 0) is 32.7 Å². The van der Waals surface area contributed by atoms with Crippen LogP contribution in [0, 0.1) is 24.4 Å². The average molecular weight is 168 g/mol. The quantitative estimate of drug-likeness (QED) is 0.284. The van der Waals surface area contributed by atoms with E-state index in [2.05, 4.69) is 4.85 Å². The molecule has 0 unspecified atom stereocenters. The van der Waals surface area contributed by atoms with Gasteiger partial charge in [-0.1, -0.05) is 0 Å². The van der Waals surface area contributed by atoms with Gasteiger partial charge in [-0.25, -0.2) is 5.26 Å². The zero-order valence-electron chi connectivity index (χ0n) is 5.05. The van der Waals surface area contributed by atoms with E-state index in [1.54, 1.807) is 0 Å². The summed E-state index contributed by atoms with van der Waals surface area (Å²) in [6, 6.07) is 1.54. The average Bonchev–Trinajstić information content (AvgIpc) is 1.41. The van der Waals surface area contributed by atoms with Crippen LogP contribution < -0.4 is 18.9 Å². The van der Waals surface area contributed by atoms with E-state index in [9.17, 15) is 0 Å². The van der Waals surface area contributed by atoms with E-state index in [4.69, 9.17) is 11.8 Å². The summed E-state index contributed by atoms with van der Waals surface area (Å²) in [5.41, 5.74) is 0. The van der Waals surface area contributed by atoms with Gasteiger partial charge in [-0.15, -0.1) is 0 Å². The predicted molar refractivity (Wildman–Crippen MR) is 22.3 cm³/mol. The predicted octanol–water partition coefficient (Wildman–Crippen LogP) is -2.79. The first-order valence-corrected chi connectivity index (χ1v) is 0.994. The van der Waals surface area contributed by atoms with E-state index in [1.807, 2.05) is 0 Å². The second-order valence-corrected chi connectivity index (χ2v) is 0.387. The molecule has 0 fully saturated rings. The van der Waals surface area contributed by atoms with Gasteiger partial charge in [0.25, 0.3) is 0 Å². The molecule has 2 radical (unpaired) electrons. The molecule has 0 N–H and O–H groups in total. The van der Waals surface area contributed by atoms with E-state index in [-0.39, 0.29) is 70.4 Å². The summed E-state index contributed by atoms with van der Waals surface area (Å²) < 4.78 is 0. The van der Waals surface area contributed by atoms with E-state index >= 15 is 0 Å². The number of hydrogen-bond acceptors (Lipinski definition) is 1. The van der Waals surface area contributed by atoms with Crippen molar-refractivity contribution < 1.29 is 51.6 Å². The monoisotopic (exact) mass is 168 g/mol. The third kappa shape index (κ3) is 27.3. The zero-order chi connectivity index (χ0) is 4.12. The molecule has 0 amide bonds. The van der Waals surface area contributed by atoms with Crippen molar-refractivity contribution >= 4 is 18.9 Å². The Labute approximate surface area is 98.4 Å². The first kappa shape index (κ1) is 22.9. The van der Waals surface area contributed by atoms with Gasteiger partial charge in [0.15, 0.2) is 0 Å². The Hall–Kier alpha value is 1.15. The van der Waals surface area contributed by atoms with Crippen molar-refractivity contribution in [2.45, 2.75) is 0 Å². The van der Waals surface area contributed by atoms with Crippen molar-refractivity contribution in [3.8, 4) is 6.07 Å². The first-order chi connectivity index (χ1) is 2.41. The molecular weight excluding hydrogens is 167 g/mol. The topological polar surface area (TPSA) is 28.1 Å². The van der Waals surface area contributed by atoms with Gasteiger partial charge in [-0.2, -0.15) is 0 Å². The molecule has 0 aliphatic carbocycles. The number of nitrogens with zero attached hydrogens (tertiary/aromatic N) is 2. The molecule has 0 saturated carbocycles. The van der Waals surface area contributed by atoms with Gasteiger partial charge >= 0.3 is 18.9 Å². The van der Waals surface area contributed by atoms with Crippen LogP contribution in [0.2, 0.25) is 0 Å². The minimum atomic E-state index is 0. The Balaban J connectivity index is -0.0000000267. The van der Waals surface area contributed by atoms with Crippen molar-refractivity contribution in [2.24, 2.45) is 0 Å². The first-order valence-electron chi connectivity index (χ1n) is 0.994. The molecule has 0 aliphatic rings. The van der Waals surface area contributed by atoms with Gasteiger partial charge in [0.2, 0.25) is 0 Å². The Morgan fingerprint density at radius 2 is 2.00 bits per heavy atom. The largest absolute Gasteiger partial charge is 1.00 e. The molecule has 0 spiro atoms. The Bertz CT molecular complexity index is 80.4. The summed E-state index contributed by atoms with van der Waals surface area (Å²) in [5, 5.41) is 7.55. The van der Waals surface area contributed by atoms with Gasteiger partial charge in [0.1, 0.15) is 0 Å². The van der Waals surface area contributed by atoms with Gasteiger partial charge in [0.05, 0.1) is 6.54 Å². The molecule has 0 aliphatic heterocycles. The molecule has 0 rings (SSSR count). The molecule has 5 heteroatoms. The van der Waals surface area contributed by atoms with Crippen molar-refractivity contribution in [1.82, 2.24) is 0 Å². The van der Waals surface area contributed by atoms with Crippen molar-refractivity contribution in [3.05, 3.63) is 18.0 Å². The van der Waals surface area contributed by atoms with Gasteiger partial charge < -0.3 is 4.85 Å². The van der Waals surface area contributed by atoms with E-state index in [1.165, 1.54) is 6.07 Å². The van der Waals surface area contributed by atoms with Gasteiger partial charge in [-0.3, -0.25) is 6.57 Å². The summed E-state index contributed by atoms with van der Waals surface area (Å²) in [6.07, 6.45) is 0. The molecule has 0 saturated heterocycles.